The van der Waals surface area contributed by atoms with Gasteiger partial charge >= 0.3 is 5.97 Å². The third-order valence-corrected chi connectivity index (χ3v) is 4.99. The van der Waals surface area contributed by atoms with Gasteiger partial charge in [0.1, 0.15) is 11.3 Å². The van der Waals surface area contributed by atoms with E-state index in [9.17, 15) is 9.90 Å². The summed E-state index contributed by atoms with van der Waals surface area (Å²) in [6, 6.07) is 13.8. The van der Waals surface area contributed by atoms with Gasteiger partial charge in [0.05, 0.1) is 11.8 Å². The molecular weight excluding hydrogens is 314 g/mol. The third kappa shape index (κ3) is 3.34. The Morgan fingerprint density at radius 1 is 1.20 bits per heavy atom. The summed E-state index contributed by atoms with van der Waals surface area (Å²) in [5.41, 5.74) is 2.89. The summed E-state index contributed by atoms with van der Waals surface area (Å²) in [5.74, 6) is -0.0897. The Hall–Kier alpha value is -2.49. The summed E-state index contributed by atoms with van der Waals surface area (Å²) in [5, 5.41) is 13.3. The summed E-state index contributed by atoms with van der Waals surface area (Å²) in [7, 11) is 0. The summed E-state index contributed by atoms with van der Waals surface area (Å²) in [6.45, 7) is 6.08. The number of ether oxygens (including phenoxy) is 1. The molecular formula is C21H25NO3. The molecule has 2 aromatic rings. The van der Waals surface area contributed by atoms with E-state index in [0.717, 1.165) is 34.5 Å². The first-order valence-corrected chi connectivity index (χ1v) is 8.80. The summed E-state index contributed by atoms with van der Waals surface area (Å²) in [4.78, 5) is 12.2. The van der Waals surface area contributed by atoms with Crippen molar-refractivity contribution in [2.75, 3.05) is 5.32 Å². The fraction of sp³-hybridized carbons (Fsp3) is 0.381. The van der Waals surface area contributed by atoms with Gasteiger partial charge in [-0.2, -0.15) is 0 Å². The first kappa shape index (κ1) is 17.3. The van der Waals surface area contributed by atoms with Gasteiger partial charge in [-0.3, -0.25) is 0 Å². The van der Waals surface area contributed by atoms with E-state index in [4.69, 9.17) is 4.74 Å². The Bertz CT molecular complexity index is 759. The molecule has 0 aliphatic heterocycles. The molecule has 25 heavy (non-hydrogen) atoms. The SMILES string of the molecule is CCC(C)Oc1c(C)cccc1NC1(C(=O)O)Cc2ccccc2C1. The first-order chi connectivity index (χ1) is 11.9. The largest absolute Gasteiger partial charge is 0.488 e. The lowest BCUT2D eigenvalue weighted by Gasteiger charge is -2.29. The predicted molar refractivity (Wildman–Crippen MR) is 99.4 cm³/mol. The zero-order valence-corrected chi connectivity index (χ0v) is 15.0. The topological polar surface area (TPSA) is 58.6 Å². The minimum absolute atomic E-state index is 0.0724. The number of fused-ring (bicyclic) bond motifs is 1. The predicted octanol–water partition coefficient (Wildman–Crippen LogP) is 4.21. The Morgan fingerprint density at radius 2 is 1.84 bits per heavy atom. The van der Waals surface area contributed by atoms with Crippen LogP contribution in [0.2, 0.25) is 0 Å². The number of aryl methyl sites for hydroxylation is 1. The number of hydrogen-bond donors (Lipinski definition) is 2. The molecule has 0 aromatic heterocycles. The lowest BCUT2D eigenvalue weighted by molar-refractivity contribution is -0.142. The van der Waals surface area contributed by atoms with Crippen molar-refractivity contribution in [1.82, 2.24) is 0 Å². The number of carbonyl (C=O) groups is 1. The van der Waals surface area contributed by atoms with E-state index in [1.807, 2.05) is 56.3 Å². The van der Waals surface area contributed by atoms with E-state index in [1.165, 1.54) is 0 Å². The van der Waals surface area contributed by atoms with Gasteiger partial charge in [-0.05, 0) is 43.0 Å². The standard InChI is InChI=1S/C21H25NO3/c1-4-15(3)25-19-14(2)8-7-11-18(19)22-21(20(23)24)12-16-9-5-6-10-17(16)13-21/h5-11,15,22H,4,12-13H2,1-3H3,(H,23,24). The number of hydrogen-bond acceptors (Lipinski definition) is 3. The van der Waals surface area contributed by atoms with Crippen LogP contribution in [-0.4, -0.2) is 22.7 Å². The van der Waals surface area contributed by atoms with Crippen molar-refractivity contribution in [3.8, 4) is 5.75 Å². The zero-order chi connectivity index (χ0) is 18.0. The number of anilines is 1. The van der Waals surface area contributed by atoms with Gasteiger partial charge in [-0.25, -0.2) is 4.79 Å². The molecule has 4 nitrogen and oxygen atoms in total. The van der Waals surface area contributed by atoms with E-state index in [-0.39, 0.29) is 6.10 Å². The van der Waals surface area contributed by atoms with Crippen LogP contribution in [0.4, 0.5) is 5.69 Å². The van der Waals surface area contributed by atoms with Crippen molar-refractivity contribution in [1.29, 1.82) is 0 Å². The van der Waals surface area contributed by atoms with Gasteiger partial charge in [-0.1, -0.05) is 43.3 Å². The van der Waals surface area contributed by atoms with Gasteiger partial charge in [0.15, 0.2) is 0 Å². The van der Waals surface area contributed by atoms with Crippen LogP contribution in [0.25, 0.3) is 0 Å². The molecule has 0 amide bonds. The van der Waals surface area contributed by atoms with Crippen molar-refractivity contribution < 1.29 is 14.6 Å². The molecule has 2 N–H and O–H groups in total. The summed E-state index contributed by atoms with van der Waals surface area (Å²) < 4.78 is 6.08. The third-order valence-electron chi connectivity index (χ3n) is 4.99. The van der Waals surface area contributed by atoms with Crippen molar-refractivity contribution >= 4 is 11.7 Å². The smallest absolute Gasteiger partial charge is 0.330 e. The quantitative estimate of drug-likeness (QED) is 0.828. The average Bonchev–Trinajstić information content (AvgIpc) is 2.97. The van der Waals surface area contributed by atoms with E-state index in [1.54, 1.807) is 0 Å². The molecule has 0 heterocycles. The molecule has 2 aromatic carbocycles. The van der Waals surface area contributed by atoms with Crippen LogP contribution < -0.4 is 10.1 Å². The second kappa shape index (κ2) is 6.79. The maximum Gasteiger partial charge on any atom is 0.330 e. The molecule has 0 saturated carbocycles. The molecule has 132 valence electrons. The lowest BCUT2D eigenvalue weighted by atomic mass is 9.95. The molecule has 0 bridgehead atoms. The second-order valence-corrected chi connectivity index (χ2v) is 6.92. The molecule has 0 fully saturated rings. The monoisotopic (exact) mass is 339 g/mol. The van der Waals surface area contributed by atoms with E-state index in [2.05, 4.69) is 12.2 Å². The number of benzene rings is 2. The Morgan fingerprint density at radius 3 is 2.40 bits per heavy atom. The van der Waals surface area contributed by atoms with Crippen molar-refractivity contribution in [2.45, 2.75) is 51.7 Å². The Labute approximate surface area is 148 Å². The van der Waals surface area contributed by atoms with Crippen LogP contribution in [0, 0.1) is 6.92 Å². The minimum Gasteiger partial charge on any atom is -0.488 e. The molecule has 4 heteroatoms. The van der Waals surface area contributed by atoms with E-state index in [0.29, 0.717) is 12.8 Å². The Kier molecular flexibility index (Phi) is 4.71. The number of aliphatic carboxylic acids is 1. The molecule has 0 radical (unpaired) electrons. The van der Waals surface area contributed by atoms with E-state index >= 15 is 0 Å². The average molecular weight is 339 g/mol. The van der Waals surface area contributed by atoms with Crippen molar-refractivity contribution in [2.24, 2.45) is 0 Å². The highest BCUT2D eigenvalue weighted by Crippen LogP contribution is 2.37. The number of rotatable bonds is 6. The molecule has 1 unspecified atom stereocenters. The van der Waals surface area contributed by atoms with Gasteiger partial charge < -0.3 is 15.2 Å². The molecule has 1 atom stereocenters. The van der Waals surface area contributed by atoms with Crippen molar-refractivity contribution in [3.63, 3.8) is 0 Å². The zero-order valence-electron chi connectivity index (χ0n) is 15.0. The lowest BCUT2D eigenvalue weighted by Crippen LogP contribution is -2.47. The Balaban J connectivity index is 1.95. The maximum absolute atomic E-state index is 12.2. The van der Waals surface area contributed by atoms with Crippen LogP contribution in [0.1, 0.15) is 37.0 Å². The van der Waals surface area contributed by atoms with Crippen LogP contribution in [-0.2, 0) is 17.6 Å². The molecule has 1 aliphatic rings. The highest BCUT2D eigenvalue weighted by Gasteiger charge is 2.44. The van der Waals surface area contributed by atoms with Crippen LogP contribution >= 0.6 is 0 Å². The van der Waals surface area contributed by atoms with Gasteiger partial charge in [0.2, 0.25) is 0 Å². The normalized spacial score (nSPS) is 16.1. The number of nitrogens with one attached hydrogen (secondary N) is 1. The first-order valence-electron chi connectivity index (χ1n) is 8.80. The minimum atomic E-state index is -1.04. The summed E-state index contributed by atoms with van der Waals surface area (Å²) in [6.07, 6.45) is 1.90. The van der Waals surface area contributed by atoms with Gasteiger partial charge in [0, 0.05) is 12.8 Å². The fourth-order valence-corrected chi connectivity index (χ4v) is 3.36. The maximum atomic E-state index is 12.2. The molecule has 0 saturated heterocycles. The number of carboxylic acids is 1. The molecule has 3 rings (SSSR count). The number of carboxylic acid groups (broad SMARTS) is 1. The van der Waals surface area contributed by atoms with E-state index < -0.39 is 11.5 Å². The van der Waals surface area contributed by atoms with Crippen LogP contribution in [0.5, 0.6) is 5.75 Å². The second-order valence-electron chi connectivity index (χ2n) is 6.92. The summed E-state index contributed by atoms with van der Waals surface area (Å²) >= 11 is 0. The van der Waals surface area contributed by atoms with Crippen LogP contribution in [0.3, 0.4) is 0 Å². The molecule has 0 spiro atoms. The van der Waals surface area contributed by atoms with Crippen molar-refractivity contribution in [3.05, 3.63) is 59.2 Å². The van der Waals surface area contributed by atoms with Crippen LogP contribution in [0.15, 0.2) is 42.5 Å². The fourth-order valence-electron chi connectivity index (χ4n) is 3.36. The highest BCUT2D eigenvalue weighted by molar-refractivity contribution is 5.86. The van der Waals surface area contributed by atoms with Gasteiger partial charge in [0.25, 0.3) is 0 Å². The van der Waals surface area contributed by atoms with Gasteiger partial charge in [-0.15, -0.1) is 0 Å². The molecule has 1 aliphatic carbocycles. The highest BCUT2D eigenvalue weighted by atomic mass is 16.5. The number of para-hydroxylation sites is 1.